The Morgan fingerprint density at radius 3 is 0.951 bits per heavy atom. The molecule has 5 heteroatoms. The Hall–Kier alpha value is -0.720. The van der Waals surface area contributed by atoms with Crippen molar-refractivity contribution in [1.29, 1.82) is 0 Å². The molecule has 41 heavy (non-hydrogen) atoms. The molecule has 0 fully saturated rings. The molecule has 0 spiro atoms. The van der Waals surface area contributed by atoms with Crippen molar-refractivity contribution in [3.05, 3.63) is 24.3 Å². The molecule has 0 aromatic carbocycles. The van der Waals surface area contributed by atoms with Gasteiger partial charge in [-0.25, -0.2) is 0 Å². The van der Waals surface area contributed by atoms with E-state index in [1.807, 2.05) is 0 Å². The van der Waals surface area contributed by atoms with E-state index in [1.165, 1.54) is 116 Å². The van der Waals surface area contributed by atoms with Crippen LogP contribution in [0, 0.1) is 0 Å². The van der Waals surface area contributed by atoms with Crippen LogP contribution in [-0.2, 0) is 4.74 Å². The van der Waals surface area contributed by atoms with Gasteiger partial charge in [0.05, 0.1) is 0 Å². The van der Waals surface area contributed by atoms with Gasteiger partial charge in [0.2, 0.25) is 11.8 Å². The van der Waals surface area contributed by atoms with Gasteiger partial charge in [-0.3, -0.25) is 16.2 Å². The third-order valence-corrected chi connectivity index (χ3v) is 7.95. The molecule has 0 amide bonds. The second-order valence-electron chi connectivity index (χ2n) is 12.5. The van der Waals surface area contributed by atoms with Crippen molar-refractivity contribution in [1.82, 2.24) is 0 Å². The van der Waals surface area contributed by atoms with E-state index in [2.05, 4.69) is 38.2 Å². The zero-order valence-corrected chi connectivity index (χ0v) is 27.6. The molecule has 0 rings (SSSR count). The van der Waals surface area contributed by atoms with Gasteiger partial charge < -0.3 is 10.2 Å². The lowest BCUT2D eigenvalue weighted by Gasteiger charge is -2.32. The summed E-state index contributed by atoms with van der Waals surface area (Å²) in [5.41, 5.74) is 11.8. The first-order valence-corrected chi connectivity index (χ1v) is 17.9. The number of nitrogens with two attached hydrogens (primary N) is 2. The molecule has 0 radical (unpaired) electrons. The van der Waals surface area contributed by atoms with E-state index in [9.17, 15) is 10.2 Å². The Labute approximate surface area is 256 Å². The lowest BCUT2D eigenvalue weighted by Crippen LogP contribution is -2.55. The first-order valence-electron chi connectivity index (χ1n) is 17.9. The number of unbranched alkanes of at least 4 members (excludes halogenated alkanes) is 22. The van der Waals surface area contributed by atoms with Crippen LogP contribution < -0.4 is 11.5 Å². The molecule has 0 aromatic heterocycles. The van der Waals surface area contributed by atoms with Gasteiger partial charge in [0.25, 0.3) is 0 Å². The van der Waals surface area contributed by atoms with Crippen molar-refractivity contribution in [3.63, 3.8) is 0 Å². The number of hydrogen-bond donors (Lipinski definition) is 4. The summed E-state index contributed by atoms with van der Waals surface area (Å²) in [5, 5.41) is 20.8. The lowest BCUT2D eigenvalue weighted by molar-refractivity contribution is -0.334. The number of allylic oxidation sites excluding steroid dienone is 4. The second-order valence-corrected chi connectivity index (χ2v) is 12.5. The van der Waals surface area contributed by atoms with Crippen LogP contribution in [0.5, 0.6) is 0 Å². The molecule has 0 bridgehead atoms. The van der Waals surface area contributed by atoms with E-state index in [4.69, 9.17) is 16.2 Å². The number of aliphatic hydroxyl groups is 2. The van der Waals surface area contributed by atoms with Gasteiger partial charge in [0.15, 0.2) is 0 Å². The molecule has 244 valence electrons. The summed E-state index contributed by atoms with van der Waals surface area (Å²) in [6, 6.07) is 0. The van der Waals surface area contributed by atoms with Gasteiger partial charge in [0, 0.05) is 12.8 Å². The van der Waals surface area contributed by atoms with Gasteiger partial charge in [-0.2, -0.15) is 0 Å². The highest BCUT2D eigenvalue weighted by atomic mass is 16.7. The van der Waals surface area contributed by atoms with E-state index in [-0.39, 0.29) is 12.8 Å². The molecule has 0 aliphatic carbocycles. The summed E-state index contributed by atoms with van der Waals surface area (Å²) in [6.45, 7) is 4.52. The highest BCUT2D eigenvalue weighted by Crippen LogP contribution is 2.21. The summed E-state index contributed by atoms with van der Waals surface area (Å²) in [7, 11) is 0. The van der Waals surface area contributed by atoms with Crippen molar-refractivity contribution in [3.8, 4) is 0 Å². The van der Waals surface area contributed by atoms with Crippen molar-refractivity contribution in [2.45, 2.75) is 205 Å². The number of rotatable bonds is 32. The molecule has 0 aromatic rings. The monoisotopic (exact) mass is 581 g/mol. The minimum atomic E-state index is -1.88. The van der Waals surface area contributed by atoms with Crippen LogP contribution in [0.4, 0.5) is 0 Å². The molecular formula is C36H72N2O3. The minimum Gasteiger partial charge on any atom is -0.353 e. The van der Waals surface area contributed by atoms with Crippen LogP contribution in [0.25, 0.3) is 0 Å². The van der Waals surface area contributed by atoms with Crippen LogP contribution >= 0.6 is 0 Å². The van der Waals surface area contributed by atoms with Crippen molar-refractivity contribution >= 4 is 0 Å². The largest absolute Gasteiger partial charge is 0.353 e. The molecule has 2 unspecified atom stereocenters. The zero-order chi connectivity index (χ0) is 30.3. The predicted octanol–water partition coefficient (Wildman–Crippen LogP) is 10.3. The van der Waals surface area contributed by atoms with E-state index < -0.39 is 11.8 Å². The smallest absolute Gasteiger partial charge is 0.226 e. The fourth-order valence-electron chi connectivity index (χ4n) is 5.31. The third-order valence-electron chi connectivity index (χ3n) is 7.95. The van der Waals surface area contributed by atoms with E-state index in [1.54, 1.807) is 0 Å². The van der Waals surface area contributed by atoms with Crippen LogP contribution in [0.2, 0.25) is 0 Å². The first kappa shape index (κ1) is 40.3. The predicted molar refractivity (Wildman–Crippen MR) is 178 cm³/mol. The topological polar surface area (TPSA) is 102 Å². The maximum atomic E-state index is 10.4. The van der Waals surface area contributed by atoms with Gasteiger partial charge in [-0.05, 0) is 64.2 Å². The van der Waals surface area contributed by atoms with Gasteiger partial charge >= 0.3 is 0 Å². The summed E-state index contributed by atoms with van der Waals surface area (Å²) in [6.07, 6.45) is 41.4. The average Bonchev–Trinajstić information content (AvgIpc) is 2.92. The molecule has 0 heterocycles. The highest BCUT2D eigenvalue weighted by Gasteiger charge is 2.33. The van der Waals surface area contributed by atoms with Gasteiger partial charge in [0.1, 0.15) is 0 Å². The van der Waals surface area contributed by atoms with Crippen molar-refractivity contribution in [2.75, 3.05) is 0 Å². The maximum absolute atomic E-state index is 10.4. The first-order chi connectivity index (χ1) is 19.8. The summed E-state index contributed by atoms with van der Waals surface area (Å²) >= 11 is 0. The molecule has 0 saturated heterocycles. The molecule has 2 atom stereocenters. The molecule has 6 N–H and O–H groups in total. The molecule has 5 nitrogen and oxygen atoms in total. The second kappa shape index (κ2) is 29.4. The van der Waals surface area contributed by atoms with E-state index in [0.29, 0.717) is 0 Å². The number of ether oxygens (including phenoxy) is 1. The maximum Gasteiger partial charge on any atom is 0.226 e. The zero-order valence-electron chi connectivity index (χ0n) is 27.6. The Balaban J connectivity index is 3.63. The molecule has 0 aliphatic rings. The van der Waals surface area contributed by atoms with E-state index in [0.717, 1.165) is 51.4 Å². The fraction of sp³-hybridized carbons (Fsp3) is 0.889. The summed E-state index contributed by atoms with van der Waals surface area (Å²) in [4.78, 5) is 0. The van der Waals surface area contributed by atoms with Crippen LogP contribution in [0.3, 0.4) is 0 Å². The highest BCUT2D eigenvalue weighted by molar-refractivity contribution is 4.82. The Morgan fingerprint density at radius 1 is 0.415 bits per heavy atom. The SMILES string of the molecule is CCCCCCCC/C=C\CCCCCCCC(N)(O)OC(N)(O)CCCCCCC/C=C\CCCCCCCC. The van der Waals surface area contributed by atoms with Crippen LogP contribution in [0.15, 0.2) is 24.3 Å². The molecule has 0 saturated carbocycles. The summed E-state index contributed by atoms with van der Waals surface area (Å²) in [5.74, 6) is -3.77. The fourth-order valence-corrected chi connectivity index (χ4v) is 5.31. The minimum absolute atomic E-state index is 0.275. The van der Waals surface area contributed by atoms with Crippen LogP contribution in [-0.4, -0.2) is 22.0 Å². The lowest BCUT2D eigenvalue weighted by atomic mass is 10.1. The third kappa shape index (κ3) is 32.0. The van der Waals surface area contributed by atoms with Crippen molar-refractivity contribution in [2.24, 2.45) is 11.5 Å². The Morgan fingerprint density at radius 2 is 0.659 bits per heavy atom. The molecule has 0 aliphatic heterocycles. The average molecular weight is 581 g/mol. The number of hydrogen-bond acceptors (Lipinski definition) is 5. The molecular weight excluding hydrogens is 508 g/mol. The summed E-state index contributed by atoms with van der Waals surface area (Å²) < 4.78 is 5.31. The van der Waals surface area contributed by atoms with E-state index >= 15 is 0 Å². The van der Waals surface area contributed by atoms with Crippen molar-refractivity contribution < 1.29 is 14.9 Å². The quantitative estimate of drug-likeness (QED) is 0.0360. The normalized spacial score (nSPS) is 15.2. The Bertz CT molecular complexity index is 539. The Kier molecular flexibility index (Phi) is 28.8. The van der Waals surface area contributed by atoms with Gasteiger partial charge in [-0.1, -0.05) is 141 Å². The van der Waals surface area contributed by atoms with Crippen LogP contribution in [0.1, 0.15) is 194 Å². The standard InChI is InChI=1S/C36H72N2O3/c1-3-5-7-9-11-13-15-17-19-21-23-25-27-29-31-33-35(37,39)41-36(38,40)34-32-30-28-26-24-22-20-18-16-14-12-10-8-6-4-2/h17-20,39-40H,3-16,21-34,37-38H2,1-2H3/b19-17-,20-18-. The van der Waals surface area contributed by atoms with Gasteiger partial charge in [-0.15, -0.1) is 0 Å².